The maximum absolute atomic E-state index is 12.2. The summed E-state index contributed by atoms with van der Waals surface area (Å²) in [6.07, 6.45) is -5.63. The quantitative estimate of drug-likeness (QED) is 0.903. The Hall–Kier alpha value is -1.87. The predicted octanol–water partition coefficient (Wildman–Crippen LogP) is 1.68. The molecular formula is C11H12F3N3O3. The molecule has 0 aliphatic carbocycles. The second-order valence-corrected chi connectivity index (χ2v) is 4.24. The second kappa shape index (κ2) is 5.63. The van der Waals surface area contributed by atoms with Crippen molar-refractivity contribution < 1.29 is 27.2 Å². The van der Waals surface area contributed by atoms with Gasteiger partial charge in [-0.25, -0.2) is 0 Å². The fourth-order valence-corrected chi connectivity index (χ4v) is 1.52. The van der Waals surface area contributed by atoms with Crippen molar-refractivity contribution in [1.82, 2.24) is 15.0 Å². The molecule has 9 heteroatoms. The predicted molar refractivity (Wildman–Crippen MR) is 60.4 cm³/mol. The normalized spacial score (nSPS) is 13.9. The van der Waals surface area contributed by atoms with Gasteiger partial charge in [-0.05, 0) is 19.2 Å². The van der Waals surface area contributed by atoms with Gasteiger partial charge in [0, 0.05) is 6.54 Å². The highest BCUT2D eigenvalue weighted by molar-refractivity contribution is 5.44. The molecule has 2 aromatic rings. The van der Waals surface area contributed by atoms with Gasteiger partial charge < -0.3 is 14.0 Å². The number of nitrogens with zero attached hydrogens (tertiary/aromatic N) is 3. The van der Waals surface area contributed by atoms with Gasteiger partial charge in [-0.3, -0.25) is 4.90 Å². The number of likely N-dealkylation sites (N-methyl/N-ethyl adjacent to an activating group) is 1. The monoisotopic (exact) mass is 291 g/mol. The van der Waals surface area contributed by atoms with Crippen LogP contribution in [-0.2, 0) is 6.54 Å². The van der Waals surface area contributed by atoms with E-state index in [9.17, 15) is 13.2 Å². The summed E-state index contributed by atoms with van der Waals surface area (Å²) in [5.74, 6) is 0.751. The Balaban J connectivity index is 1.94. The van der Waals surface area contributed by atoms with Gasteiger partial charge in [-0.1, -0.05) is 5.16 Å². The SMILES string of the molecule is CN(Cc1nc(-c2ccco2)no1)CC(O)C(F)(F)F. The average Bonchev–Trinajstić information content (AvgIpc) is 2.96. The topological polar surface area (TPSA) is 75.5 Å². The minimum atomic E-state index is -4.65. The Labute approximate surface area is 111 Å². The van der Waals surface area contributed by atoms with Gasteiger partial charge in [0.2, 0.25) is 11.7 Å². The molecule has 0 spiro atoms. The van der Waals surface area contributed by atoms with Gasteiger partial charge in [-0.2, -0.15) is 18.2 Å². The number of hydrogen-bond donors (Lipinski definition) is 1. The van der Waals surface area contributed by atoms with Gasteiger partial charge in [-0.15, -0.1) is 0 Å². The van der Waals surface area contributed by atoms with Crippen LogP contribution < -0.4 is 0 Å². The number of aromatic nitrogens is 2. The van der Waals surface area contributed by atoms with E-state index in [2.05, 4.69) is 10.1 Å². The van der Waals surface area contributed by atoms with E-state index < -0.39 is 18.8 Å². The molecule has 0 aromatic carbocycles. The van der Waals surface area contributed by atoms with E-state index in [0.29, 0.717) is 5.76 Å². The summed E-state index contributed by atoms with van der Waals surface area (Å²) in [5.41, 5.74) is 0. The molecule has 110 valence electrons. The van der Waals surface area contributed by atoms with E-state index in [0.717, 1.165) is 0 Å². The third kappa shape index (κ3) is 3.58. The number of aliphatic hydroxyl groups excluding tert-OH is 1. The van der Waals surface area contributed by atoms with Crippen LogP contribution in [0.4, 0.5) is 13.2 Å². The molecule has 0 bridgehead atoms. The molecule has 0 fully saturated rings. The van der Waals surface area contributed by atoms with Crippen LogP contribution >= 0.6 is 0 Å². The van der Waals surface area contributed by atoms with Crippen LogP contribution in [0.2, 0.25) is 0 Å². The van der Waals surface area contributed by atoms with Crippen LogP contribution in [0, 0.1) is 0 Å². The number of hydrogen-bond acceptors (Lipinski definition) is 6. The van der Waals surface area contributed by atoms with Crippen LogP contribution in [0.15, 0.2) is 27.3 Å². The Morgan fingerprint density at radius 1 is 1.45 bits per heavy atom. The Morgan fingerprint density at radius 3 is 2.80 bits per heavy atom. The van der Waals surface area contributed by atoms with Gasteiger partial charge in [0.25, 0.3) is 0 Å². The number of aliphatic hydroxyl groups is 1. The Kier molecular flexibility index (Phi) is 4.09. The highest BCUT2D eigenvalue weighted by atomic mass is 19.4. The zero-order chi connectivity index (χ0) is 14.8. The standard InChI is InChI=1S/C11H12F3N3O3/c1-17(5-8(18)11(12,13)14)6-9-15-10(16-20-9)7-3-2-4-19-7/h2-4,8,18H,5-6H2,1H3. The lowest BCUT2D eigenvalue weighted by molar-refractivity contribution is -0.207. The third-order valence-electron chi connectivity index (χ3n) is 2.48. The molecule has 20 heavy (non-hydrogen) atoms. The summed E-state index contributed by atoms with van der Waals surface area (Å²) in [7, 11) is 1.41. The average molecular weight is 291 g/mol. The molecule has 0 saturated carbocycles. The number of alkyl halides is 3. The van der Waals surface area contributed by atoms with Crippen molar-refractivity contribution in [3.8, 4) is 11.6 Å². The van der Waals surface area contributed by atoms with E-state index >= 15 is 0 Å². The van der Waals surface area contributed by atoms with Crippen LogP contribution in [0.1, 0.15) is 5.89 Å². The maximum Gasteiger partial charge on any atom is 0.415 e. The summed E-state index contributed by atoms with van der Waals surface area (Å²) >= 11 is 0. The van der Waals surface area contributed by atoms with Gasteiger partial charge in [0.15, 0.2) is 11.9 Å². The summed E-state index contributed by atoms with van der Waals surface area (Å²) in [6.45, 7) is -0.594. The third-order valence-corrected chi connectivity index (χ3v) is 2.48. The largest absolute Gasteiger partial charge is 0.461 e. The summed E-state index contributed by atoms with van der Waals surface area (Å²) < 4.78 is 46.6. The van der Waals surface area contributed by atoms with Crippen molar-refractivity contribution in [1.29, 1.82) is 0 Å². The lowest BCUT2D eigenvalue weighted by atomic mass is 10.3. The van der Waals surface area contributed by atoms with Gasteiger partial charge in [0.1, 0.15) is 0 Å². The molecule has 0 aliphatic rings. The second-order valence-electron chi connectivity index (χ2n) is 4.24. The van der Waals surface area contributed by atoms with E-state index in [-0.39, 0.29) is 18.3 Å². The number of furan rings is 1. The molecule has 1 unspecified atom stereocenters. The van der Waals surface area contributed by atoms with Crippen molar-refractivity contribution in [3.05, 3.63) is 24.3 Å². The fourth-order valence-electron chi connectivity index (χ4n) is 1.52. The molecule has 0 saturated heterocycles. The van der Waals surface area contributed by atoms with E-state index in [4.69, 9.17) is 14.0 Å². The molecule has 0 radical (unpaired) electrons. The molecule has 2 rings (SSSR count). The molecular weight excluding hydrogens is 279 g/mol. The molecule has 1 N–H and O–H groups in total. The van der Waals surface area contributed by atoms with Crippen LogP contribution in [-0.4, -0.2) is 46.0 Å². The molecule has 2 aromatic heterocycles. The summed E-state index contributed by atoms with van der Waals surface area (Å²) in [5, 5.41) is 12.6. The van der Waals surface area contributed by atoms with Gasteiger partial charge in [0.05, 0.1) is 12.8 Å². The molecule has 0 aliphatic heterocycles. The minimum absolute atomic E-state index is 0.0130. The minimum Gasteiger partial charge on any atom is -0.461 e. The van der Waals surface area contributed by atoms with E-state index in [1.54, 1.807) is 12.1 Å². The first kappa shape index (κ1) is 14.5. The number of rotatable bonds is 5. The Morgan fingerprint density at radius 2 is 2.20 bits per heavy atom. The zero-order valence-corrected chi connectivity index (χ0v) is 10.5. The maximum atomic E-state index is 12.2. The summed E-state index contributed by atoms with van der Waals surface area (Å²) in [4.78, 5) is 5.22. The summed E-state index contributed by atoms with van der Waals surface area (Å²) in [6, 6.07) is 3.28. The smallest absolute Gasteiger partial charge is 0.415 e. The van der Waals surface area contributed by atoms with E-state index in [1.807, 2.05) is 0 Å². The lowest BCUT2D eigenvalue weighted by Gasteiger charge is -2.20. The first-order chi connectivity index (χ1) is 9.36. The van der Waals surface area contributed by atoms with Crippen molar-refractivity contribution in [3.63, 3.8) is 0 Å². The number of halogens is 3. The van der Waals surface area contributed by atoms with Crippen LogP contribution in [0.3, 0.4) is 0 Å². The highest BCUT2D eigenvalue weighted by Gasteiger charge is 2.38. The first-order valence-electron chi connectivity index (χ1n) is 5.66. The van der Waals surface area contributed by atoms with Crippen molar-refractivity contribution in [2.24, 2.45) is 0 Å². The van der Waals surface area contributed by atoms with Crippen molar-refractivity contribution >= 4 is 0 Å². The van der Waals surface area contributed by atoms with Crippen LogP contribution in [0.5, 0.6) is 0 Å². The highest BCUT2D eigenvalue weighted by Crippen LogP contribution is 2.21. The molecule has 6 nitrogen and oxygen atoms in total. The Bertz CT molecular complexity index is 539. The molecule has 0 amide bonds. The van der Waals surface area contributed by atoms with Crippen molar-refractivity contribution in [2.75, 3.05) is 13.6 Å². The lowest BCUT2D eigenvalue weighted by Crippen LogP contribution is -2.39. The van der Waals surface area contributed by atoms with Crippen molar-refractivity contribution in [2.45, 2.75) is 18.8 Å². The zero-order valence-electron chi connectivity index (χ0n) is 10.5. The fraction of sp³-hybridized carbons (Fsp3) is 0.455. The van der Waals surface area contributed by atoms with Gasteiger partial charge >= 0.3 is 6.18 Å². The molecule has 1 atom stereocenters. The van der Waals surface area contributed by atoms with E-state index in [1.165, 1.54) is 18.2 Å². The first-order valence-corrected chi connectivity index (χ1v) is 5.66. The van der Waals surface area contributed by atoms with Crippen LogP contribution in [0.25, 0.3) is 11.6 Å². The molecule has 2 heterocycles.